The third-order valence-corrected chi connectivity index (χ3v) is 7.27. The smallest absolute Gasteiger partial charge is 0.263 e. The molecule has 0 bridgehead atoms. The van der Waals surface area contributed by atoms with Gasteiger partial charge in [0.1, 0.15) is 10.6 Å². The molecule has 0 radical (unpaired) electrons. The molecule has 0 fully saturated rings. The zero-order valence-corrected chi connectivity index (χ0v) is 19.2. The molecule has 7 nitrogen and oxygen atoms in total. The van der Waals surface area contributed by atoms with Crippen LogP contribution in [0.15, 0.2) is 45.1 Å². The molecule has 0 aliphatic rings. The van der Waals surface area contributed by atoms with Crippen LogP contribution >= 0.6 is 34.4 Å². The number of rotatable bonds is 7. The second kappa shape index (κ2) is 8.75. The Labute approximate surface area is 185 Å². The summed E-state index contributed by atoms with van der Waals surface area (Å²) in [6.07, 6.45) is 1.66. The molecule has 30 heavy (non-hydrogen) atoms. The van der Waals surface area contributed by atoms with Crippen LogP contribution in [0.4, 0.5) is 5.82 Å². The lowest BCUT2D eigenvalue weighted by Gasteiger charge is -2.12. The van der Waals surface area contributed by atoms with Crippen LogP contribution in [0, 0.1) is 0 Å². The third kappa shape index (κ3) is 3.94. The monoisotopic (exact) mass is 459 g/mol. The van der Waals surface area contributed by atoms with E-state index in [1.807, 2.05) is 43.7 Å². The average Bonchev–Trinajstić information content (AvgIpc) is 3.46. The van der Waals surface area contributed by atoms with Crippen molar-refractivity contribution in [3.05, 3.63) is 45.5 Å². The first-order chi connectivity index (χ1) is 14.5. The number of hydrogen-bond acceptors (Lipinski definition) is 7. The van der Waals surface area contributed by atoms with Crippen LogP contribution in [0.2, 0.25) is 0 Å². The van der Waals surface area contributed by atoms with Gasteiger partial charge >= 0.3 is 0 Å². The van der Waals surface area contributed by atoms with Gasteiger partial charge < -0.3 is 5.32 Å². The summed E-state index contributed by atoms with van der Waals surface area (Å²) < 4.78 is 3.40. The molecule has 0 spiro atoms. The predicted octanol–water partition coefficient (Wildman–Crippen LogP) is 4.71. The highest BCUT2D eigenvalue weighted by Gasteiger charge is 2.18. The van der Waals surface area contributed by atoms with Gasteiger partial charge in [-0.15, -0.1) is 22.7 Å². The second-order valence-corrected chi connectivity index (χ2v) is 9.59. The summed E-state index contributed by atoms with van der Waals surface area (Å²) in [5.74, 6) is 0.653. The third-order valence-electron chi connectivity index (χ3n) is 4.52. The Morgan fingerprint density at radius 2 is 2.13 bits per heavy atom. The van der Waals surface area contributed by atoms with E-state index in [0.717, 1.165) is 10.4 Å². The number of hydrogen-bond donors (Lipinski definition) is 1. The van der Waals surface area contributed by atoms with E-state index in [4.69, 9.17) is 4.98 Å². The number of thiophene rings is 2. The SMILES string of the molecule is CCn1c(SCC(=O)Nc2ccnn2C(C)C)nc2scc(-c3cccs3)c2c1=O. The zero-order valence-electron chi connectivity index (χ0n) is 16.8. The van der Waals surface area contributed by atoms with Gasteiger partial charge in [0.15, 0.2) is 5.16 Å². The molecule has 0 unspecified atom stereocenters. The molecule has 4 heterocycles. The molecule has 4 rings (SSSR count). The minimum absolute atomic E-state index is 0.0621. The normalized spacial score (nSPS) is 11.5. The molecular formula is C20H21N5O2S3. The van der Waals surface area contributed by atoms with Crippen molar-refractivity contribution >= 4 is 56.4 Å². The summed E-state index contributed by atoms with van der Waals surface area (Å²) in [5, 5.41) is 12.3. The van der Waals surface area contributed by atoms with Crippen LogP contribution < -0.4 is 10.9 Å². The molecule has 4 aromatic rings. The molecule has 10 heteroatoms. The topological polar surface area (TPSA) is 81.8 Å². The fourth-order valence-corrected chi connectivity index (χ4v) is 5.81. The maximum absolute atomic E-state index is 13.2. The molecule has 0 aliphatic heterocycles. The Morgan fingerprint density at radius 1 is 1.30 bits per heavy atom. The fraction of sp³-hybridized carbons (Fsp3) is 0.300. The van der Waals surface area contributed by atoms with E-state index in [-0.39, 0.29) is 23.3 Å². The van der Waals surface area contributed by atoms with E-state index in [0.29, 0.717) is 27.7 Å². The van der Waals surface area contributed by atoms with Crippen molar-refractivity contribution in [2.24, 2.45) is 0 Å². The van der Waals surface area contributed by atoms with Gasteiger partial charge in [0, 0.05) is 34.5 Å². The van der Waals surface area contributed by atoms with Gasteiger partial charge in [-0.1, -0.05) is 17.8 Å². The Balaban J connectivity index is 1.58. The molecule has 0 atom stereocenters. The molecule has 4 aromatic heterocycles. The van der Waals surface area contributed by atoms with E-state index >= 15 is 0 Å². The number of aromatic nitrogens is 4. The molecule has 0 saturated heterocycles. The highest BCUT2D eigenvalue weighted by Crippen LogP contribution is 2.34. The highest BCUT2D eigenvalue weighted by molar-refractivity contribution is 7.99. The number of nitrogens with zero attached hydrogens (tertiary/aromatic N) is 4. The number of amides is 1. The number of nitrogens with one attached hydrogen (secondary N) is 1. The lowest BCUT2D eigenvalue weighted by molar-refractivity contribution is -0.113. The number of anilines is 1. The minimum atomic E-state index is -0.162. The van der Waals surface area contributed by atoms with Gasteiger partial charge in [0.25, 0.3) is 5.56 Å². The van der Waals surface area contributed by atoms with E-state index in [1.54, 1.807) is 32.8 Å². The van der Waals surface area contributed by atoms with Gasteiger partial charge in [-0.05, 0) is 32.2 Å². The van der Waals surface area contributed by atoms with Crippen molar-refractivity contribution in [1.82, 2.24) is 19.3 Å². The standard InChI is InChI=1S/C20H21N5O2S3/c1-4-24-19(27)17-13(14-6-5-9-28-14)10-29-18(17)23-20(24)30-11-16(26)22-15-7-8-21-25(15)12(2)3/h5-10,12H,4,11H2,1-3H3,(H,22,26). The lowest BCUT2D eigenvalue weighted by atomic mass is 10.2. The Hall–Kier alpha value is -2.43. The Kier molecular flexibility index (Phi) is 6.07. The van der Waals surface area contributed by atoms with Crippen molar-refractivity contribution in [3.63, 3.8) is 0 Å². The molecule has 1 amide bonds. The number of thioether (sulfide) groups is 1. The van der Waals surface area contributed by atoms with Crippen molar-refractivity contribution < 1.29 is 4.79 Å². The van der Waals surface area contributed by atoms with Crippen LogP contribution in [-0.2, 0) is 11.3 Å². The molecular weight excluding hydrogens is 438 g/mol. The molecule has 0 aromatic carbocycles. The average molecular weight is 460 g/mol. The summed E-state index contributed by atoms with van der Waals surface area (Å²) in [7, 11) is 0. The molecule has 0 saturated carbocycles. The van der Waals surface area contributed by atoms with Gasteiger partial charge in [-0.25, -0.2) is 9.67 Å². The van der Waals surface area contributed by atoms with Crippen LogP contribution in [-0.4, -0.2) is 31.0 Å². The van der Waals surface area contributed by atoms with Gasteiger partial charge in [-0.3, -0.25) is 14.2 Å². The largest absolute Gasteiger partial charge is 0.310 e. The van der Waals surface area contributed by atoms with E-state index < -0.39 is 0 Å². The van der Waals surface area contributed by atoms with E-state index in [9.17, 15) is 9.59 Å². The maximum atomic E-state index is 13.2. The van der Waals surface area contributed by atoms with Crippen molar-refractivity contribution in [2.45, 2.75) is 38.5 Å². The second-order valence-electron chi connectivity index (χ2n) is 6.84. The Bertz CT molecular complexity index is 1240. The first kappa shape index (κ1) is 20.8. The predicted molar refractivity (Wildman–Crippen MR) is 125 cm³/mol. The number of carbonyl (C=O) groups excluding carboxylic acids is 1. The highest BCUT2D eigenvalue weighted by atomic mass is 32.2. The first-order valence-corrected chi connectivity index (χ1v) is 12.3. The van der Waals surface area contributed by atoms with Crippen molar-refractivity contribution in [2.75, 3.05) is 11.1 Å². The van der Waals surface area contributed by atoms with Crippen LogP contribution in [0.3, 0.4) is 0 Å². The minimum Gasteiger partial charge on any atom is -0.310 e. The summed E-state index contributed by atoms with van der Waals surface area (Å²) in [6, 6.07) is 5.90. The van der Waals surface area contributed by atoms with E-state index in [1.165, 1.54) is 23.1 Å². The Morgan fingerprint density at radius 3 is 2.83 bits per heavy atom. The van der Waals surface area contributed by atoms with Gasteiger partial charge in [-0.2, -0.15) is 5.10 Å². The van der Waals surface area contributed by atoms with Crippen molar-refractivity contribution in [3.8, 4) is 10.4 Å². The van der Waals surface area contributed by atoms with Crippen LogP contribution in [0.25, 0.3) is 20.7 Å². The lowest BCUT2D eigenvalue weighted by Crippen LogP contribution is -2.23. The van der Waals surface area contributed by atoms with Crippen LogP contribution in [0.1, 0.15) is 26.8 Å². The number of fused-ring (bicyclic) bond motifs is 1. The summed E-state index contributed by atoms with van der Waals surface area (Å²) in [4.78, 5) is 32.1. The van der Waals surface area contributed by atoms with Crippen LogP contribution in [0.5, 0.6) is 0 Å². The number of carbonyl (C=O) groups is 1. The molecule has 1 N–H and O–H groups in total. The zero-order chi connectivity index (χ0) is 21.3. The quantitative estimate of drug-likeness (QED) is 0.320. The van der Waals surface area contributed by atoms with Gasteiger partial charge in [0.2, 0.25) is 5.91 Å². The summed E-state index contributed by atoms with van der Waals surface area (Å²) in [6.45, 7) is 6.41. The fourth-order valence-electron chi connectivity index (χ4n) is 3.14. The summed E-state index contributed by atoms with van der Waals surface area (Å²) >= 11 is 4.34. The molecule has 156 valence electrons. The maximum Gasteiger partial charge on any atom is 0.263 e. The molecule has 0 aliphatic carbocycles. The van der Waals surface area contributed by atoms with E-state index in [2.05, 4.69) is 10.4 Å². The summed E-state index contributed by atoms with van der Waals surface area (Å²) in [5.41, 5.74) is 0.869. The first-order valence-electron chi connectivity index (χ1n) is 9.51. The van der Waals surface area contributed by atoms with Crippen molar-refractivity contribution in [1.29, 1.82) is 0 Å². The van der Waals surface area contributed by atoms with Gasteiger partial charge in [0.05, 0.1) is 17.3 Å².